The van der Waals surface area contributed by atoms with Crippen LogP contribution in [0.4, 0.5) is 0 Å². The van der Waals surface area contributed by atoms with Gasteiger partial charge in [0.1, 0.15) is 6.33 Å². The summed E-state index contributed by atoms with van der Waals surface area (Å²) in [6.07, 6.45) is 1.45. The van der Waals surface area contributed by atoms with Crippen molar-refractivity contribution in [2.75, 3.05) is 0 Å². The molecule has 0 aliphatic carbocycles. The van der Waals surface area contributed by atoms with E-state index in [9.17, 15) is 9.59 Å². The first-order valence-electron chi connectivity index (χ1n) is 9.96. The lowest BCUT2D eigenvalue weighted by molar-refractivity contribution is 0.0846. The lowest BCUT2D eigenvalue weighted by Gasteiger charge is -2.09. The quantitative estimate of drug-likeness (QED) is 0.255. The van der Waals surface area contributed by atoms with Gasteiger partial charge in [-0.25, -0.2) is 14.6 Å². The molecule has 0 saturated carbocycles. The second-order valence-electron chi connectivity index (χ2n) is 7.13. The number of rotatable bonds is 6. The van der Waals surface area contributed by atoms with Gasteiger partial charge in [-0.3, -0.25) is 20.4 Å². The Morgan fingerprint density at radius 1 is 0.879 bits per heavy atom. The number of aromatic nitrogens is 6. The van der Waals surface area contributed by atoms with E-state index >= 15 is 0 Å². The van der Waals surface area contributed by atoms with Crippen LogP contribution in [0.1, 0.15) is 37.7 Å². The van der Waals surface area contributed by atoms with E-state index in [-0.39, 0.29) is 0 Å². The fourth-order valence-corrected chi connectivity index (χ4v) is 3.87. The van der Waals surface area contributed by atoms with Crippen molar-refractivity contribution >= 4 is 23.6 Å². The number of nitrogens with zero attached hydrogens (tertiary/aromatic N) is 6. The van der Waals surface area contributed by atoms with Crippen LogP contribution in [0.2, 0.25) is 0 Å². The predicted octanol–water partition coefficient (Wildman–Crippen LogP) is 2.44. The number of hydrazine groups is 1. The average Bonchev–Trinajstić information content (AvgIpc) is 3.36. The molecule has 33 heavy (non-hydrogen) atoms. The van der Waals surface area contributed by atoms with E-state index < -0.39 is 11.8 Å². The topological polar surface area (TPSA) is 128 Å². The van der Waals surface area contributed by atoms with Gasteiger partial charge in [0, 0.05) is 28.3 Å². The van der Waals surface area contributed by atoms with Crippen LogP contribution in [0, 0.1) is 13.8 Å². The molecule has 166 valence electrons. The van der Waals surface area contributed by atoms with Gasteiger partial charge in [-0.2, -0.15) is 0 Å². The summed E-state index contributed by atoms with van der Waals surface area (Å²) in [5.41, 5.74) is 9.27. The van der Waals surface area contributed by atoms with E-state index in [1.807, 2.05) is 32.0 Å². The number of hydrogen-bond acceptors (Lipinski definition) is 8. The molecule has 0 aliphatic rings. The number of amides is 2. The van der Waals surface area contributed by atoms with Crippen LogP contribution < -0.4 is 10.9 Å². The smallest absolute Gasteiger partial charge is 0.267 e. The van der Waals surface area contributed by atoms with Gasteiger partial charge in [0.25, 0.3) is 11.8 Å². The molecule has 2 aromatic carbocycles. The SMILES string of the molecule is Cc1cc(C)nc(SCc2ccc(C(=O)NNC(=O)c3ccc(-n4cnnn4)cc3)cc2)n1. The zero-order chi connectivity index (χ0) is 23.2. The number of nitrogens with one attached hydrogen (secondary N) is 2. The molecule has 2 amide bonds. The fraction of sp³-hybridized carbons (Fsp3) is 0.136. The van der Waals surface area contributed by atoms with Crippen molar-refractivity contribution in [1.29, 1.82) is 0 Å². The number of aryl methyl sites for hydroxylation is 2. The molecule has 0 radical (unpaired) electrons. The number of benzene rings is 2. The highest BCUT2D eigenvalue weighted by Gasteiger charge is 2.10. The molecule has 0 spiro atoms. The highest BCUT2D eigenvalue weighted by Crippen LogP contribution is 2.20. The van der Waals surface area contributed by atoms with E-state index in [4.69, 9.17) is 0 Å². The number of carbonyl (C=O) groups excluding carboxylic acids is 2. The Morgan fingerprint density at radius 2 is 1.45 bits per heavy atom. The first kappa shape index (κ1) is 22.1. The van der Waals surface area contributed by atoms with Gasteiger partial charge in [-0.1, -0.05) is 23.9 Å². The third kappa shape index (κ3) is 5.77. The van der Waals surface area contributed by atoms with Crippen molar-refractivity contribution in [3.05, 3.63) is 89.0 Å². The highest BCUT2D eigenvalue weighted by atomic mass is 32.2. The maximum absolute atomic E-state index is 12.4. The molecular formula is C22H20N8O2S. The number of hydrogen-bond donors (Lipinski definition) is 2. The lowest BCUT2D eigenvalue weighted by Crippen LogP contribution is -2.41. The Morgan fingerprint density at radius 3 is 2.00 bits per heavy atom. The van der Waals surface area contributed by atoms with Crippen molar-refractivity contribution in [2.24, 2.45) is 0 Å². The third-order valence-corrected chi connectivity index (χ3v) is 5.50. The van der Waals surface area contributed by atoms with Crippen LogP contribution in [-0.4, -0.2) is 42.0 Å². The van der Waals surface area contributed by atoms with Gasteiger partial charge >= 0.3 is 0 Å². The predicted molar refractivity (Wildman–Crippen MR) is 122 cm³/mol. The Balaban J connectivity index is 1.29. The molecule has 0 atom stereocenters. The normalized spacial score (nSPS) is 10.6. The van der Waals surface area contributed by atoms with Gasteiger partial charge in [0.2, 0.25) is 0 Å². The maximum Gasteiger partial charge on any atom is 0.269 e. The van der Waals surface area contributed by atoms with Gasteiger partial charge in [0.15, 0.2) is 5.16 Å². The zero-order valence-corrected chi connectivity index (χ0v) is 18.7. The Bertz CT molecular complexity index is 1240. The second-order valence-corrected chi connectivity index (χ2v) is 8.07. The summed E-state index contributed by atoms with van der Waals surface area (Å²) >= 11 is 1.54. The number of thioether (sulfide) groups is 1. The first-order valence-corrected chi connectivity index (χ1v) is 10.9. The summed E-state index contributed by atoms with van der Waals surface area (Å²) in [5.74, 6) is -0.166. The van der Waals surface area contributed by atoms with Gasteiger partial charge in [-0.15, -0.1) is 5.10 Å². The summed E-state index contributed by atoms with van der Waals surface area (Å²) in [6, 6.07) is 15.7. The van der Waals surface area contributed by atoms with E-state index in [2.05, 4.69) is 36.3 Å². The highest BCUT2D eigenvalue weighted by molar-refractivity contribution is 7.98. The minimum atomic E-state index is -0.437. The second kappa shape index (κ2) is 10.0. The summed E-state index contributed by atoms with van der Waals surface area (Å²) in [4.78, 5) is 33.5. The Hall–Kier alpha value is -4.12. The Labute approximate surface area is 193 Å². The maximum atomic E-state index is 12.4. The monoisotopic (exact) mass is 460 g/mol. The van der Waals surface area contributed by atoms with Gasteiger partial charge < -0.3 is 0 Å². The van der Waals surface area contributed by atoms with Crippen molar-refractivity contribution in [3.63, 3.8) is 0 Å². The van der Waals surface area contributed by atoms with E-state index in [0.29, 0.717) is 22.6 Å². The molecule has 2 N–H and O–H groups in total. The van der Waals surface area contributed by atoms with Crippen molar-refractivity contribution in [3.8, 4) is 5.69 Å². The zero-order valence-electron chi connectivity index (χ0n) is 17.9. The largest absolute Gasteiger partial charge is 0.269 e. The molecule has 4 rings (SSSR count). The fourth-order valence-electron chi connectivity index (χ4n) is 2.96. The van der Waals surface area contributed by atoms with Crippen LogP contribution >= 0.6 is 11.8 Å². The van der Waals surface area contributed by atoms with Crippen molar-refractivity contribution < 1.29 is 9.59 Å². The molecule has 11 heteroatoms. The summed E-state index contributed by atoms with van der Waals surface area (Å²) < 4.78 is 1.47. The molecule has 0 fully saturated rings. The summed E-state index contributed by atoms with van der Waals surface area (Å²) in [7, 11) is 0. The van der Waals surface area contributed by atoms with Crippen molar-refractivity contribution in [1.82, 2.24) is 41.0 Å². The molecule has 4 aromatic rings. The standard InChI is InChI=1S/C22H20N8O2S/c1-14-11-15(2)25-22(24-14)33-12-16-3-5-17(6-4-16)20(31)26-27-21(32)18-7-9-19(10-8-18)30-13-23-28-29-30/h3-11,13H,12H2,1-2H3,(H,26,31)(H,27,32). The van der Waals surface area contributed by atoms with Crippen LogP contribution in [0.3, 0.4) is 0 Å². The van der Waals surface area contributed by atoms with E-state index in [1.165, 1.54) is 22.8 Å². The van der Waals surface area contributed by atoms with Crippen LogP contribution in [0.15, 0.2) is 66.1 Å². The van der Waals surface area contributed by atoms with Gasteiger partial charge in [-0.05, 0) is 72.3 Å². The first-order chi connectivity index (χ1) is 16.0. The van der Waals surface area contributed by atoms with E-state index in [1.54, 1.807) is 36.4 Å². The molecular weight excluding hydrogens is 440 g/mol. The van der Waals surface area contributed by atoms with Crippen LogP contribution in [0.5, 0.6) is 0 Å². The van der Waals surface area contributed by atoms with Crippen LogP contribution in [-0.2, 0) is 5.75 Å². The van der Waals surface area contributed by atoms with E-state index in [0.717, 1.165) is 22.1 Å². The van der Waals surface area contributed by atoms with Crippen LogP contribution in [0.25, 0.3) is 5.69 Å². The minimum Gasteiger partial charge on any atom is -0.267 e. The molecule has 2 heterocycles. The molecule has 0 unspecified atom stereocenters. The molecule has 0 aliphatic heterocycles. The lowest BCUT2D eigenvalue weighted by atomic mass is 10.1. The summed E-state index contributed by atoms with van der Waals surface area (Å²) in [5, 5.41) is 11.6. The Kier molecular flexibility index (Phi) is 6.69. The molecule has 0 saturated heterocycles. The molecule has 2 aromatic heterocycles. The third-order valence-electron chi connectivity index (χ3n) is 4.58. The van der Waals surface area contributed by atoms with Crippen molar-refractivity contribution in [2.45, 2.75) is 24.8 Å². The number of carbonyl (C=O) groups is 2. The number of tetrazole rings is 1. The average molecular weight is 461 g/mol. The van der Waals surface area contributed by atoms with Gasteiger partial charge in [0.05, 0.1) is 5.69 Å². The molecule has 10 nitrogen and oxygen atoms in total. The summed E-state index contributed by atoms with van der Waals surface area (Å²) in [6.45, 7) is 3.88. The molecule has 0 bridgehead atoms. The minimum absolute atomic E-state index is 0.383.